The molecular weight excluding hydrogens is 374 g/mol. The number of nitrogens with zero attached hydrogens (tertiary/aromatic N) is 2. The minimum absolute atomic E-state index is 0.169. The number of aromatic amines is 1. The highest BCUT2D eigenvalue weighted by Crippen LogP contribution is 2.27. The number of aliphatic carboxylic acids is 1. The quantitative estimate of drug-likeness (QED) is 0.387. The van der Waals surface area contributed by atoms with Gasteiger partial charge in [0.2, 0.25) is 0 Å². The van der Waals surface area contributed by atoms with Crippen molar-refractivity contribution < 1.29 is 9.90 Å². The van der Waals surface area contributed by atoms with Crippen LogP contribution in [0.1, 0.15) is 5.56 Å². The van der Waals surface area contributed by atoms with E-state index in [1.165, 1.54) is 4.57 Å². The highest BCUT2D eigenvalue weighted by molar-refractivity contribution is 7.99. The van der Waals surface area contributed by atoms with Crippen LogP contribution in [0.2, 0.25) is 0 Å². The SMILES string of the molecule is O=C(O)CSc1nc2c(-c3ccccc3)c[nH]c2c(=O)n1Cc1ccccc1. The smallest absolute Gasteiger partial charge is 0.313 e. The fraction of sp³-hybridized carbons (Fsp3) is 0.0952. The van der Waals surface area contributed by atoms with Gasteiger partial charge in [-0.05, 0) is 11.1 Å². The first-order chi connectivity index (χ1) is 13.6. The fourth-order valence-corrected chi connectivity index (χ4v) is 3.76. The van der Waals surface area contributed by atoms with Gasteiger partial charge in [0.05, 0.1) is 12.3 Å². The normalized spacial score (nSPS) is 11.0. The molecule has 0 saturated carbocycles. The summed E-state index contributed by atoms with van der Waals surface area (Å²) < 4.78 is 1.52. The Balaban J connectivity index is 1.87. The second-order valence-corrected chi connectivity index (χ2v) is 7.19. The summed E-state index contributed by atoms with van der Waals surface area (Å²) in [6.45, 7) is 0.324. The molecule has 28 heavy (non-hydrogen) atoms. The Kier molecular flexibility index (Phi) is 4.99. The number of hydrogen-bond donors (Lipinski definition) is 2. The molecule has 4 rings (SSSR count). The molecule has 0 bridgehead atoms. The summed E-state index contributed by atoms with van der Waals surface area (Å²) in [5.74, 6) is -1.12. The Labute approximate surface area is 164 Å². The van der Waals surface area contributed by atoms with Gasteiger partial charge in [0.25, 0.3) is 5.56 Å². The van der Waals surface area contributed by atoms with Crippen LogP contribution >= 0.6 is 11.8 Å². The number of carboxylic acids is 1. The van der Waals surface area contributed by atoms with Crippen molar-refractivity contribution in [1.29, 1.82) is 0 Å². The van der Waals surface area contributed by atoms with Gasteiger partial charge in [-0.3, -0.25) is 14.2 Å². The third kappa shape index (κ3) is 3.57. The minimum atomic E-state index is -0.956. The maximum atomic E-state index is 13.2. The van der Waals surface area contributed by atoms with Crippen LogP contribution in [0.3, 0.4) is 0 Å². The molecule has 0 aliphatic rings. The number of aromatic nitrogens is 3. The van der Waals surface area contributed by atoms with Gasteiger partial charge >= 0.3 is 5.97 Å². The van der Waals surface area contributed by atoms with E-state index in [0.29, 0.717) is 22.7 Å². The largest absolute Gasteiger partial charge is 0.481 e. The molecule has 2 aromatic carbocycles. The molecule has 0 aliphatic carbocycles. The maximum Gasteiger partial charge on any atom is 0.313 e. The first-order valence-corrected chi connectivity index (χ1v) is 9.68. The molecule has 2 heterocycles. The van der Waals surface area contributed by atoms with Gasteiger partial charge < -0.3 is 10.1 Å². The van der Waals surface area contributed by atoms with Crippen LogP contribution in [0.4, 0.5) is 0 Å². The molecule has 0 fully saturated rings. The van der Waals surface area contributed by atoms with Gasteiger partial charge in [-0.15, -0.1) is 0 Å². The summed E-state index contributed by atoms with van der Waals surface area (Å²) in [7, 11) is 0. The average Bonchev–Trinajstić information content (AvgIpc) is 3.14. The van der Waals surface area contributed by atoms with Crippen LogP contribution in [-0.4, -0.2) is 31.4 Å². The van der Waals surface area contributed by atoms with E-state index in [9.17, 15) is 9.59 Å². The predicted molar refractivity (Wildman–Crippen MR) is 110 cm³/mol. The molecule has 0 amide bonds. The second kappa shape index (κ2) is 7.74. The minimum Gasteiger partial charge on any atom is -0.481 e. The zero-order valence-corrected chi connectivity index (χ0v) is 15.6. The zero-order chi connectivity index (χ0) is 19.5. The van der Waals surface area contributed by atoms with Crippen molar-refractivity contribution in [3.8, 4) is 11.1 Å². The number of H-pyrrole nitrogens is 1. The fourth-order valence-electron chi connectivity index (χ4n) is 3.05. The third-order valence-corrected chi connectivity index (χ3v) is 5.30. The summed E-state index contributed by atoms with van der Waals surface area (Å²) in [6.07, 6.45) is 1.77. The van der Waals surface area contributed by atoms with Crippen LogP contribution in [0.25, 0.3) is 22.2 Å². The van der Waals surface area contributed by atoms with E-state index in [4.69, 9.17) is 5.11 Å². The molecule has 0 spiro atoms. The number of nitrogens with one attached hydrogen (secondary N) is 1. The van der Waals surface area contributed by atoms with Crippen molar-refractivity contribution in [1.82, 2.24) is 14.5 Å². The summed E-state index contributed by atoms with van der Waals surface area (Å²) in [4.78, 5) is 32.0. The Morgan fingerprint density at radius 1 is 1.07 bits per heavy atom. The highest BCUT2D eigenvalue weighted by Gasteiger charge is 2.17. The van der Waals surface area contributed by atoms with Crippen LogP contribution in [0, 0.1) is 0 Å². The van der Waals surface area contributed by atoms with E-state index in [0.717, 1.165) is 28.5 Å². The number of carboxylic acid groups (broad SMARTS) is 1. The molecule has 6 nitrogen and oxygen atoms in total. The number of carbonyl (C=O) groups is 1. The Bertz CT molecular complexity index is 1180. The molecule has 140 valence electrons. The number of fused-ring (bicyclic) bond motifs is 1. The van der Waals surface area contributed by atoms with E-state index in [1.807, 2.05) is 60.7 Å². The molecule has 2 N–H and O–H groups in total. The van der Waals surface area contributed by atoms with E-state index < -0.39 is 5.97 Å². The van der Waals surface area contributed by atoms with E-state index >= 15 is 0 Å². The Morgan fingerprint density at radius 3 is 2.43 bits per heavy atom. The lowest BCUT2D eigenvalue weighted by Gasteiger charge is -2.12. The van der Waals surface area contributed by atoms with Crippen molar-refractivity contribution >= 4 is 28.8 Å². The van der Waals surface area contributed by atoms with E-state index in [-0.39, 0.29) is 11.3 Å². The van der Waals surface area contributed by atoms with Crippen molar-refractivity contribution in [2.45, 2.75) is 11.7 Å². The molecule has 0 unspecified atom stereocenters. The topological polar surface area (TPSA) is 88.0 Å². The van der Waals surface area contributed by atoms with Gasteiger partial charge in [-0.1, -0.05) is 72.4 Å². The van der Waals surface area contributed by atoms with Crippen molar-refractivity contribution in [3.63, 3.8) is 0 Å². The number of benzene rings is 2. The summed E-state index contributed by atoms with van der Waals surface area (Å²) in [5.41, 5.74) is 3.44. The molecule has 0 aliphatic heterocycles. The first-order valence-electron chi connectivity index (χ1n) is 8.69. The number of rotatable bonds is 6. The van der Waals surface area contributed by atoms with Crippen LogP contribution in [0.5, 0.6) is 0 Å². The monoisotopic (exact) mass is 391 g/mol. The lowest BCUT2D eigenvalue weighted by Crippen LogP contribution is -2.24. The van der Waals surface area contributed by atoms with Gasteiger partial charge in [-0.25, -0.2) is 4.98 Å². The van der Waals surface area contributed by atoms with Crippen molar-refractivity contribution in [3.05, 3.63) is 82.8 Å². The molecule has 0 saturated heterocycles. The molecule has 4 aromatic rings. The molecule has 7 heteroatoms. The van der Waals surface area contributed by atoms with Gasteiger partial charge in [0.1, 0.15) is 11.0 Å². The van der Waals surface area contributed by atoms with Crippen LogP contribution in [-0.2, 0) is 11.3 Å². The molecule has 2 aromatic heterocycles. The number of thioether (sulfide) groups is 1. The van der Waals surface area contributed by atoms with E-state index in [2.05, 4.69) is 9.97 Å². The van der Waals surface area contributed by atoms with Crippen molar-refractivity contribution in [2.24, 2.45) is 0 Å². The Morgan fingerprint density at radius 2 is 1.75 bits per heavy atom. The highest BCUT2D eigenvalue weighted by atomic mass is 32.2. The third-order valence-electron chi connectivity index (χ3n) is 4.34. The molecular formula is C21H17N3O3S. The predicted octanol–water partition coefficient (Wildman–Crippen LogP) is 3.62. The van der Waals surface area contributed by atoms with Crippen molar-refractivity contribution in [2.75, 3.05) is 5.75 Å². The Hall–Kier alpha value is -3.32. The molecule has 0 radical (unpaired) electrons. The zero-order valence-electron chi connectivity index (χ0n) is 14.8. The molecule has 0 atom stereocenters. The summed E-state index contributed by atoms with van der Waals surface area (Å²) in [6, 6.07) is 19.2. The second-order valence-electron chi connectivity index (χ2n) is 6.25. The van der Waals surface area contributed by atoms with Gasteiger partial charge in [0, 0.05) is 11.8 Å². The van der Waals surface area contributed by atoms with Gasteiger partial charge in [0.15, 0.2) is 5.16 Å². The van der Waals surface area contributed by atoms with Crippen LogP contribution in [0.15, 0.2) is 76.8 Å². The maximum absolute atomic E-state index is 13.2. The van der Waals surface area contributed by atoms with E-state index in [1.54, 1.807) is 6.20 Å². The summed E-state index contributed by atoms with van der Waals surface area (Å²) in [5, 5.41) is 9.48. The lowest BCUT2D eigenvalue weighted by molar-refractivity contribution is -0.133. The first kappa shape index (κ1) is 18.1. The summed E-state index contributed by atoms with van der Waals surface area (Å²) >= 11 is 1.05. The van der Waals surface area contributed by atoms with Crippen LogP contribution < -0.4 is 5.56 Å². The number of hydrogen-bond acceptors (Lipinski definition) is 4. The lowest BCUT2D eigenvalue weighted by atomic mass is 10.1. The average molecular weight is 391 g/mol. The standard InChI is InChI=1S/C21H17N3O3S/c25-17(26)13-28-21-23-18-16(15-9-5-2-6-10-15)11-22-19(18)20(27)24(21)12-14-7-3-1-4-8-14/h1-11,22H,12-13H2,(H,25,26). The van der Waals surface area contributed by atoms with Gasteiger partial charge in [-0.2, -0.15) is 0 Å².